The first-order valence-electron chi connectivity index (χ1n) is 6.01. The zero-order valence-corrected chi connectivity index (χ0v) is 10.6. The van der Waals surface area contributed by atoms with Crippen LogP contribution in [0.2, 0.25) is 0 Å². The van der Waals surface area contributed by atoms with Crippen LogP contribution in [0.5, 0.6) is 0 Å². The fourth-order valence-electron chi connectivity index (χ4n) is 2.31. The summed E-state index contributed by atoms with van der Waals surface area (Å²) in [5, 5.41) is 5.73. The lowest BCUT2D eigenvalue weighted by atomic mass is 9.93. The van der Waals surface area contributed by atoms with Gasteiger partial charge in [0.05, 0.1) is 17.3 Å². The van der Waals surface area contributed by atoms with Crippen molar-refractivity contribution in [2.75, 3.05) is 13.7 Å². The Morgan fingerprint density at radius 3 is 3.25 bits per heavy atom. The second-order valence-corrected chi connectivity index (χ2v) is 5.12. The number of nitrogens with one attached hydrogen (secondary N) is 1. The molecule has 3 nitrogen and oxygen atoms in total. The Bertz CT molecular complexity index is 289. The molecular formula is C12H20N2OS. The number of ether oxygens (including phenoxy) is 1. The highest BCUT2D eigenvalue weighted by Gasteiger charge is 2.20. The molecule has 0 saturated heterocycles. The molecule has 1 aromatic heterocycles. The standard InChI is InChI=1S/C12H20N2OS/c1-15-12-4-2-3-10(7-12)13-6-5-11-8-16-9-14-11/h8-10,12-13H,2-7H2,1H3. The SMILES string of the molecule is COC1CCCC(NCCc2cscn2)C1. The average Bonchev–Trinajstić information content (AvgIpc) is 2.82. The van der Waals surface area contributed by atoms with Crippen LogP contribution >= 0.6 is 11.3 Å². The second-order valence-electron chi connectivity index (χ2n) is 4.41. The summed E-state index contributed by atoms with van der Waals surface area (Å²) in [6, 6.07) is 0.636. The summed E-state index contributed by atoms with van der Waals surface area (Å²) in [5.41, 5.74) is 3.10. The van der Waals surface area contributed by atoms with Gasteiger partial charge in [-0.3, -0.25) is 0 Å². The van der Waals surface area contributed by atoms with E-state index >= 15 is 0 Å². The van der Waals surface area contributed by atoms with Gasteiger partial charge in [-0.15, -0.1) is 11.3 Å². The molecule has 2 atom stereocenters. The Hall–Kier alpha value is -0.450. The maximum Gasteiger partial charge on any atom is 0.0794 e. The molecule has 1 aromatic rings. The maximum atomic E-state index is 5.42. The summed E-state index contributed by atoms with van der Waals surface area (Å²) in [5.74, 6) is 0. The van der Waals surface area contributed by atoms with Gasteiger partial charge in [-0.1, -0.05) is 0 Å². The Kier molecular flexibility index (Phi) is 4.75. The molecule has 1 N–H and O–H groups in total. The van der Waals surface area contributed by atoms with E-state index in [2.05, 4.69) is 15.7 Å². The van der Waals surface area contributed by atoms with Gasteiger partial charge in [0.2, 0.25) is 0 Å². The van der Waals surface area contributed by atoms with Crippen LogP contribution < -0.4 is 5.32 Å². The summed E-state index contributed by atoms with van der Waals surface area (Å²) in [6.45, 7) is 1.03. The van der Waals surface area contributed by atoms with Crippen LogP contribution in [0.1, 0.15) is 31.4 Å². The van der Waals surface area contributed by atoms with Gasteiger partial charge in [-0.05, 0) is 25.7 Å². The van der Waals surface area contributed by atoms with Crippen molar-refractivity contribution in [3.05, 3.63) is 16.6 Å². The van der Waals surface area contributed by atoms with Crippen molar-refractivity contribution in [2.45, 2.75) is 44.2 Å². The summed E-state index contributed by atoms with van der Waals surface area (Å²) in [7, 11) is 1.82. The highest BCUT2D eigenvalue weighted by Crippen LogP contribution is 2.20. The number of thiazole rings is 1. The minimum Gasteiger partial charge on any atom is -0.381 e. The van der Waals surface area contributed by atoms with Crippen LogP contribution in [-0.2, 0) is 11.2 Å². The van der Waals surface area contributed by atoms with E-state index in [0.717, 1.165) is 19.4 Å². The van der Waals surface area contributed by atoms with Crippen molar-refractivity contribution in [3.63, 3.8) is 0 Å². The normalized spacial score (nSPS) is 25.8. The van der Waals surface area contributed by atoms with E-state index in [9.17, 15) is 0 Å². The Morgan fingerprint density at radius 1 is 1.56 bits per heavy atom. The second kappa shape index (κ2) is 6.33. The van der Waals surface area contributed by atoms with Crippen LogP contribution in [0.3, 0.4) is 0 Å². The van der Waals surface area contributed by atoms with Crippen LogP contribution in [0.4, 0.5) is 0 Å². The monoisotopic (exact) mass is 240 g/mol. The topological polar surface area (TPSA) is 34.1 Å². The first-order valence-corrected chi connectivity index (χ1v) is 6.96. The van der Waals surface area contributed by atoms with Crippen molar-refractivity contribution in [1.82, 2.24) is 10.3 Å². The molecule has 1 aliphatic carbocycles. The zero-order valence-electron chi connectivity index (χ0n) is 9.82. The van der Waals surface area contributed by atoms with Gasteiger partial charge in [0.15, 0.2) is 0 Å². The molecule has 90 valence electrons. The largest absolute Gasteiger partial charge is 0.381 e. The molecule has 1 saturated carbocycles. The highest BCUT2D eigenvalue weighted by atomic mass is 32.1. The van der Waals surface area contributed by atoms with Crippen molar-refractivity contribution in [2.24, 2.45) is 0 Å². The average molecular weight is 240 g/mol. The smallest absolute Gasteiger partial charge is 0.0794 e. The third-order valence-corrected chi connectivity index (χ3v) is 3.89. The lowest BCUT2D eigenvalue weighted by molar-refractivity contribution is 0.0590. The molecule has 0 amide bonds. The van der Waals surface area contributed by atoms with Gasteiger partial charge in [-0.2, -0.15) is 0 Å². The van der Waals surface area contributed by atoms with E-state index in [0.29, 0.717) is 12.1 Å². The van der Waals surface area contributed by atoms with Crippen LogP contribution in [0.25, 0.3) is 0 Å². The van der Waals surface area contributed by atoms with Gasteiger partial charge in [0.1, 0.15) is 0 Å². The first-order chi connectivity index (χ1) is 7.88. The number of aromatic nitrogens is 1. The molecular weight excluding hydrogens is 220 g/mol. The van der Waals surface area contributed by atoms with Crippen molar-refractivity contribution < 1.29 is 4.74 Å². The van der Waals surface area contributed by atoms with E-state index in [1.54, 1.807) is 11.3 Å². The van der Waals surface area contributed by atoms with Gasteiger partial charge < -0.3 is 10.1 Å². The van der Waals surface area contributed by atoms with Crippen LogP contribution in [-0.4, -0.2) is 30.8 Å². The summed E-state index contributed by atoms with van der Waals surface area (Å²) in [4.78, 5) is 4.28. The number of hydrogen-bond acceptors (Lipinski definition) is 4. The predicted octanol–water partition coefficient (Wildman–Crippen LogP) is 2.23. The van der Waals surface area contributed by atoms with E-state index in [1.807, 2.05) is 12.6 Å². The molecule has 1 aliphatic rings. The van der Waals surface area contributed by atoms with Crippen molar-refractivity contribution in [1.29, 1.82) is 0 Å². The Morgan fingerprint density at radius 2 is 2.50 bits per heavy atom. The zero-order chi connectivity index (χ0) is 11.2. The highest BCUT2D eigenvalue weighted by molar-refractivity contribution is 7.07. The summed E-state index contributed by atoms with van der Waals surface area (Å²) < 4.78 is 5.42. The summed E-state index contributed by atoms with van der Waals surface area (Å²) in [6.07, 6.45) is 6.46. The molecule has 4 heteroatoms. The van der Waals surface area contributed by atoms with Gasteiger partial charge in [0, 0.05) is 31.5 Å². The minimum absolute atomic E-state index is 0.463. The number of methoxy groups -OCH3 is 1. The Labute approximate surface area is 101 Å². The van der Waals surface area contributed by atoms with E-state index in [-0.39, 0.29) is 0 Å². The van der Waals surface area contributed by atoms with Gasteiger partial charge in [0.25, 0.3) is 0 Å². The lowest BCUT2D eigenvalue weighted by Gasteiger charge is -2.28. The third-order valence-electron chi connectivity index (χ3n) is 3.26. The molecule has 1 heterocycles. The third kappa shape index (κ3) is 3.54. The number of nitrogens with zero attached hydrogens (tertiary/aromatic N) is 1. The van der Waals surface area contributed by atoms with E-state index in [1.165, 1.54) is 25.0 Å². The summed E-state index contributed by atoms with van der Waals surface area (Å²) >= 11 is 1.67. The fourth-order valence-corrected chi connectivity index (χ4v) is 2.90. The Balaban J connectivity index is 1.65. The first kappa shape index (κ1) is 12.0. The molecule has 16 heavy (non-hydrogen) atoms. The van der Waals surface area contributed by atoms with Gasteiger partial charge >= 0.3 is 0 Å². The maximum absolute atomic E-state index is 5.42. The molecule has 2 unspecified atom stereocenters. The molecule has 0 spiro atoms. The van der Waals surface area contributed by atoms with Crippen molar-refractivity contribution >= 4 is 11.3 Å². The molecule has 0 aromatic carbocycles. The van der Waals surface area contributed by atoms with Crippen LogP contribution in [0.15, 0.2) is 10.9 Å². The number of rotatable bonds is 5. The van der Waals surface area contributed by atoms with E-state index < -0.39 is 0 Å². The predicted molar refractivity (Wildman–Crippen MR) is 66.9 cm³/mol. The molecule has 0 aliphatic heterocycles. The minimum atomic E-state index is 0.463. The molecule has 1 fully saturated rings. The van der Waals surface area contributed by atoms with E-state index in [4.69, 9.17) is 4.74 Å². The van der Waals surface area contributed by atoms with Crippen molar-refractivity contribution in [3.8, 4) is 0 Å². The molecule has 0 radical (unpaired) electrons. The lowest BCUT2D eigenvalue weighted by Crippen LogP contribution is -2.37. The quantitative estimate of drug-likeness (QED) is 0.857. The molecule has 2 rings (SSSR count). The van der Waals surface area contributed by atoms with Crippen LogP contribution in [0, 0.1) is 0 Å². The fraction of sp³-hybridized carbons (Fsp3) is 0.750. The number of hydrogen-bond donors (Lipinski definition) is 1. The molecule has 0 bridgehead atoms. The van der Waals surface area contributed by atoms with Gasteiger partial charge in [-0.25, -0.2) is 4.98 Å².